The molecule has 0 unspecified atom stereocenters. The fourth-order valence-electron chi connectivity index (χ4n) is 3.86. The van der Waals surface area contributed by atoms with Crippen LogP contribution in [0.15, 0.2) is 18.2 Å². The minimum atomic E-state index is -0.474. The second-order valence-corrected chi connectivity index (χ2v) is 8.94. The van der Waals surface area contributed by atoms with E-state index < -0.39 is 5.41 Å². The predicted molar refractivity (Wildman–Crippen MR) is 110 cm³/mol. The van der Waals surface area contributed by atoms with Crippen molar-refractivity contribution in [1.82, 2.24) is 5.32 Å². The Bertz CT molecular complexity index is 681. The third-order valence-corrected chi connectivity index (χ3v) is 5.57. The molecule has 0 aromatic heterocycles. The quantitative estimate of drug-likeness (QED) is 0.828. The lowest BCUT2D eigenvalue weighted by molar-refractivity contribution is -0.123. The fraction of sp³-hybridized carbons (Fsp3) is 0.636. The molecule has 2 amide bonds. The van der Waals surface area contributed by atoms with Crippen molar-refractivity contribution < 1.29 is 9.59 Å². The van der Waals surface area contributed by atoms with Crippen LogP contribution in [0.5, 0.6) is 0 Å². The molecule has 5 heteroatoms. The Kier molecular flexibility index (Phi) is 6.08. The molecule has 2 fully saturated rings. The Balaban J connectivity index is 1.83. The van der Waals surface area contributed by atoms with E-state index in [9.17, 15) is 9.59 Å². The van der Waals surface area contributed by atoms with Crippen LogP contribution in [0.25, 0.3) is 0 Å². The number of hydrogen-bond donors (Lipinski definition) is 2. The van der Waals surface area contributed by atoms with Crippen LogP contribution in [0, 0.1) is 5.41 Å². The molecule has 1 aromatic rings. The van der Waals surface area contributed by atoms with Gasteiger partial charge < -0.3 is 15.5 Å². The van der Waals surface area contributed by atoms with Gasteiger partial charge in [0, 0.05) is 35.9 Å². The number of carbonyl (C=O) groups excluding carboxylic acids is 2. The highest BCUT2D eigenvalue weighted by atomic mass is 16.2. The van der Waals surface area contributed by atoms with Crippen molar-refractivity contribution in [2.45, 2.75) is 71.8 Å². The molecule has 1 aliphatic heterocycles. The summed E-state index contributed by atoms with van der Waals surface area (Å²) >= 11 is 0. The summed E-state index contributed by atoms with van der Waals surface area (Å²) in [4.78, 5) is 27.7. The zero-order chi connectivity index (χ0) is 19.4. The molecule has 2 aliphatic rings. The summed E-state index contributed by atoms with van der Waals surface area (Å²) in [6, 6.07) is 6.01. The molecule has 0 bridgehead atoms. The monoisotopic (exact) mass is 371 g/mol. The fourth-order valence-corrected chi connectivity index (χ4v) is 3.86. The number of anilines is 2. The number of benzene rings is 1. The van der Waals surface area contributed by atoms with Crippen molar-refractivity contribution in [3.05, 3.63) is 23.8 Å². The Labute approximate surface area is 162 Å². The van der Waals surface area contributed by atoms with Gasteiger partial charge in [0.15, 0.2) is 0 Å². The lowest BCUT2D eigenvalue weighted by Crippen LogP contribution is -2.37. The number of hydrogen-bond acceptors (Lipinski definition) is 3. The first-order valence-corrected chi connectivity index (χ1v) is 10.4. The molecule has 148 valence electrons. The number of rotatable bonds is 4. The summed E-state index contributed by atoms with van der Waals surface area (Å²) in [5.74, 6) is -0.0641. The summed E-state index contributed by atoms with van der Waals surface area (Å²) in [5.41, 5.74) is 1.87. The van der Waals surface area contributed by atoms with Gasteiger partial charge in [-0.1, -0.05) is 40.0 Å². The molecule has 0 radical (unpaired) electrons. The summed E-state index contributed by atoms with van der Waals surface area (Å²) in [6.07, 6.45) is 8.08. The number of nitrogens with one attached hydrogen (secondary N) is 2. The van der Waals surface area contributed by atoms with E-state index in [1.54, 1.807) is 0 Å². The summed E-state index contributed by atoms with van der Waals surface area (Å²) in [6.45, 7) is 7.63. The van der Waals surface area contributed by atoms with Gasteiger partial charge in [0.05, 0.1) is 5.56 Å². The smallest absolute Gasteiger partial charge is 0.253 e. The van der Waals surface area contributed by atoms with E-state index in [1.165, 1.54) is 19.3 Å². The Morgan fingerprint density at radius 2 is 1.67 bits per heavy atom. The second-order valence-electron chi connectivity index (χ2n) is 8.94. The number of nitrogens with zero attached hydrogens (tertiary/aromatic N) is 1. The topological polar surface area (TPSA) is 61.4 Å². The molecule has 2 N–H and O–H groups in total. The highest BCUT2D eigenvalue weighted by Crippen LogP contribution is 2.29. The number of amides is 2. The number of carbonyl (C=O) groups is 2. The average molecular weight is 372 g/mol. The van der Waals surface area contributed by atoms with Crippen molar-refractivity contribution in [2.24, 2.45) is 5.41 Å². The van der Waals surface area contributed by atoms with Crippen LogP contribution in [0.4, 0.5) is 11.4 Å². The van der Waals surface area contributed by atoms with Crippen molar-refractivity contribution in [3.63, 3.8) is 0 Å². The van der Waals surface area contributed by atoms with Crippen molar-refractivity contribution >= 4 is 23.2 Å². The van der Waals surface area contributed by atoms with Crippen LogP contribution in [0.3, 0.4) is 0 Å². The first kappa shape index (κ1) is 19.7. The van der Waals surface area contributed by atoms with Crippen LogP contribution in [0.2, 0.25) is 0 Å². The average Bonchev–Trinajstić information content (AvgIpc) is 3.16. The Morgan fingerprint density at radius 3 is 2.30 bits per heavy atom. The van der Waals surface area contributed by atoms with Gasteiger partial charge in [-0.25, -0.2) is 0 Å². The summed E-state index contributed by atoms with van der Waals surface area (Å²) in [7, 11) is 0. The van der Waals surface area contributed by atoms with Gasteiger partial charge in [-0.15, -0.1) is 0 Å². The van der Waals surface area contributed by atoms with E-state index in [1.807, 2.05) is 39.0 Å². The van der Waals surface area contributed by atoms with Crippen LogP contribution >= 0.6 is 0 Å². The van der Waals surface area contributed by atoms with Gasteiger partial charge in [0.2, 0.25) is 5.91 Å². The third kappa shape index (κ3) is 5.02. The molecule has 3 rings (SSSR count). The zero-order valence-corrected chi connectivity index (χ0v) is 16.9. The molecule has 0 atom stereocenters. The van der Waals surface area contributed by atoms with Gasteiger partial charge >= 0.3 is 0 Å². The maximum atomic E-state index is 13.1. The molecule has 1 aromatic carbocycles. The molecular formula is C22H33N3O2. The highest BCUT2D eigenvalue weighted by molar-refractivity contribution is 6.02. The summed E-state index contributed by atoms with van der Waals surface area (Å²) in [5, 5.41) is 6.19. The minimum absolute atomic E-state index is 0.0179. The van der Waals surface area contributed by atoms with Crippen LogP contribution in [0.1, 0.15) is 76.1 Å². The molecule has 1 aliphatic carbocycles. The lowest BCUT2D eigenvalue weighted by atomic mass is 9.95. The van der Waals surface area contributed by atoms with Crippen LogP contribution in [-0.2, 0) is 4.79 Å². The SMILES string of the molecule is CC(C)(C)C(=O)Nc1ccc(N2CCCC2)c(C(=O)NC2CCCCC2)c1. The van der Waals surface area contributed by atoms with Gasteiger partial charge in [-0.2, -0.15) is 0 Å². The van der Waals surface area contributed by atoms with Crippen molar-refractivity contribution in [3.8, 4) is 0 Å². The van der Waals surface area contributed by atoms with E-state index in [2.05, 4.69) is 15.5 Å². The zero-order valence-electron chi connectivity index (χ0n) is 16.9. The maximum absolute atomic E-state index is 13.1. The largest absolute Gasteiger partial charge is 0.371 e. The van der Waals surface area contributed by atoms with Crippen LogP contribution in [-0.4, -0.2) is 30.9 Å². The van der Waals surface area contributed by atoms with E-state index in [0.717, 1.165) is 44.5 Å². The molecule has 1 saturated heterocycles. The predicted octanol–water partition coefficient (Wildman–Crippen LogP) is 4.33. The second kappa shape index (κ2) is 8.32. The van der Waals surface area contributed by atoms with E-state index in [0.29, 0.717) is 11.3 Å². The van der Waals surface area contributed by atoms with Gasteiger partial charge in [0.25, 0.3) is 5.91 Å². The maximum Gasteiger partial charge on any atom is 0.253 e. The van der Waals surface area contributed by atoms with Crippen molar-refractivity contribution in [2.75, 3.05) is 23.3 Å². The first-order valence-electron chi connectivity index (χ1n) is 10.4. The molecule has 1 heterocycles. The highest BCUT2D eigenvalue weighted by Gasteiger charge is 2.25. The molecule has 1 saturated carbocycles. The Hall–Kier alpha value is -2.04. The van der Waals surface area contributed by atoms with Gasteiger partial charge in [-0.05, 0) is 43.9 Å². The van der Waals surface area contributed by atoms with E-state index in [-0.39, 0.29) is 17.9 Å². The Morgan fingerprint density at radius 1 is 1.00 bits per heavy atom. The molecule has 5 nitrogen and oxygen atoms in total. The van der Waals surface area contributed by atoms with Crippen molar-refractivity contribution in [1.29, 1.82) is 0 Å². The van der Waals surface area contributed by atoms with Gasteiger partial charge in [-0.3, -0.25) is 9.59 Å². The van der Waals surface area contributed by atoms with Crippen LogP contribution < -0.4 is 15.5 Å². The first-order chi connectivity index (χ1) is 12.8. The van der Waals surface area contributed by atoms with Gasteiger partial charge in [0.1, 0.15) is 0 Å². The van der Waals surface area contributed by atoms with E-state index in [4.69, 9.17) is 0 Å². The normalized spacial score (nSPS) is 18.4. The third-order valence-electron chi connectivity index (χ3n) is 5.57. The molecule has 27 heavy (non-hydrogen) atoms. The summed E-state index contributed by atoms with van der Waals surface area (Å²) < 4.78 is 0. The minimum Gasteiger partial charge on any atom is -0.371 e. The lowest BCUT2D eigenvalue weighted by Gasteiger charge is -2.26. The van der Waals surface area contributed by atoms with E-state index >= 15 is 0 Å². The standard InChI is InChI=1S/C22H33N3O2/c1-22(2,3)21(27)24-17-11-12-19(25-13-7-8-14-25)18(15-17)20(26)23-16-9-5-4-6-10-16/h11-12,15-16H,4-10,13-14H2,1-3H3,(H,23,26)(H,24,27). The molecular weight excluding hydrogens is 338 g/mol. The molecule has 0 spiro atoms.